The molecule has 0 spiro atoms. The van der Waals surface area contributed by atoms with E-state index < -0.39 is 0 Å². The highest BCUT2D eigenvalue weighted by molar-refractivity contribution is 5.97. The van der Waals surface area contributed by atoms with Gasteiger partial charge in [0.1, 0.15) is 5.75 Å². The number of nitrogens with zero attached hydrogens (tertiary/aromatic N) is 1. The van der Waals surface area contributed by atoms with Crippen LogP contribution in [-0.4, -0.2) is 22.5 Å². The van der Waals surface area contributed by atoms with Crippen LogP contribution in [0.25, 0.3) is 0 Å². The zero-order chi connectivity index (χ0) is 15.0. The lowest BCUT2D eigenvalue weighted by Crippen LogP contribution is -2.36. The number of nitrogens with two attached hydrogens (primary N) is 1. The van der Waals surface area contributed by atoms with Crippen LogP contribution < -0.4 is 5.73 Å². The minimum Gasteiger partial charge on any atom is -0.507 e. The van der Waals surface area contributed by atoms with Gasteiger partial charge in [-0.1, -0.05) is 24.3 Å². The van der Waals surface area contributed by atoms with Crippen molar-refractivity contribution in [2.45, 2.75) is 19.9 Å². The van der Waals surface area contributed by atoms with Crippen LogP contribution in [-0.2, 0) is 13.0 Å². The van der Waals surface area contributed by atoms with E-state index in [0.717, 1.165) is 23.2 Å². The number of fused-ring (bicyclic) bond motifs is 1. The van der Waals surface area contributed by atoms with E-state index in [9.17, 15) is 9.90 Å². The zero-order valence-corrected chi connectivity index (χ0v) is 12.0. The van der Waals surface area contributed by atoms with E-state index in [1.54, 1.807) is 30.0 Å². The number of carbonyl (C=O) groups excluding carboxylic acids is 1. The lowest BCUT2D eigenvalue weighted by atomic mass is 9.97. The minimum absolute atomic E-state index is 0.0703. The second kappa shape index (κ2) is 5.13. The van der Waals surface area contributed by atoms with Gasteiger partial charge in [-0.05, 0) is 42.2 Å². The molecule has 0 unspecified atom stereocenters. The van der Waals surface area contributed by atoms with Gasteiger partial charge in [0.05, 0.1) is 5.56 Å². The van der Waals surface area contributed by atoms with Gasteiger partial charge in [-0.2, -0.15) is 0 Å². The fourth-order valence-electron chi connectivity index (χ4n) is 2.81. The average Bonchev–Trinajstić information content (AvgIpc) is 2.49. The molecule has 4 heteroatoms. The van der Waals surface area contributed by atoms with Crippen LogP contribution in [0.15, 0.2) is 36.4 Å². The molecule has 3 N–H and O–H groups in total. The molecule has 0 aliphatic carbocycles. The summed E-state index contributed by atoms with van der Waals surface area (Å²) in [5.41, 5.74) is 10.1. The van der Waals surface area contributed by atoms with Crippen molar-refractivity contribution in [2.24, 2.45) is 0 Å². The monoisotopic (exact) mass is 282 g/mol. The Bertz CT molecular complexity index is 710. The number of para-hydroxylation sites is 1. The first kappa shape index (κ1) is 13.5. The third-order valence-corrected chi connectivity index (χ3v) is 4.06. The molecule has 0 fully saturated rings. The third kappa shape index (κ3) is 2.33. The number of aromatic hydroxyl groups is 1. The molecule has 21 heavy (non-hydrogen) atoms. The van der Waals surface area contributed by atoms with E-state index in [2.05, 4.69) is 0 Å². The predicted molar refractivity (Wildman–Crippen MR) is 82.1 cm³/mol. The fraction of sp³-hybridized carbons (Fsp3) is 0.235. The van der Waals surface area contributed by atoms with Gasteiger partial charge in [0.2, 0.25) is 0 Å². The summed E-state index contributed by atoms with van der Waals surface area (Å²) in [5, 5.41) is 10.1. The van der Waals surface area contributed by atoms with Crippen molar-refractivity contribution in [3.63, 3.8) is 0 Å². The summed E-state index contributed by atoms with van der Waals surface area (Å²) in [4.78, 5) is 14.4. The molecule has 4 nitrogen and oxygen atoms in total. The number of benzene rings is 2. The van der Waals surface area contributed by atoms with Crippen LogP contribution in [0.4, 0.5) is 5.69 Å². The molecule has 3 rings (SSSR count). The molecule has 108 valence electrons. The minimum atomic E-state index is -0.135. The smallest absolute Gasteiger partial charge is 0.257 e. The van der Waals surface area contributed by atoms with Crippen LogP contribution >= 0.6 is 0 Å². The van der Waals surface area contributed by atoms with Crippen molar-refractivity contribution in [1.82, 2.24) is 4.90 Å². The maximum atomic E-state index is 12.6. The van der Waals surface area contributed by atoms with Crippen LogP contribution in [0.3, 0.4) is 0 Å². The van der Waals surface area contributed by atoms with Gasteiger partial charge in [-0.25, -0.2) is 0 Å². The van der Waals surface area contributed by atoms with Gasteiger partial charge < -0.3 is 15.7 Å². The van der Waals surface area contributed by atoms with E-state index in [0.29, 0.717) is 24.2 Å². The van der Waals surface area contributed by atoms with Crippen molar-refractivity contribution in [2.75, 3.05) is 12.3 Å². The molecule has 1 aliphatic heterocycles. The number of hydrogen-bond donors (Lipinski definition) is 2. The molecule has 0 bridgehead atoms. The third-order valence-electron chi connectivity index (χ3n) is 4.06. The van der Waals surface area contributed by atoms with Crippen molar-refractivity contribution in [1.29, 1.82) is 0 Å². The van der Waals surface area contributed by atoms with Gasteiger partial charge in [-0.3, -0.25) is 4.79 Å². The molecule has 0 atom stereocenters. The van der Waals surface area contributed by atoms with Gasteiger partial charge in [-0.15, -0.1) is 0 Å². The van der Waals surface area contributed by atoms with Crippen LogP contribution in [0, 0.1) is 6.92 Å². The maximum Gasteiger partial charge on any atom is 0.257 e. The second-order valence-electron chi connectivity index (χ2n) is 5.43. The SMILES string of the molecule is Cc1cccc(C(=O)N2CCc3c(N)cccc3C2)c1O. The molecule has 0 aromatic heterocycles. The number of rotatable bonds is 1. The normalized spacial score (nSPS) is 13.9. The molecule has 2 aromatic rings. The predicted octanol–water partition coefficient (Wildman–Crippen LogP) is 2.48. The summed E-state index contributed by atoms with van der Waals surface area (Å²) >= 11 is 0. The number of hydrogen-bond acceptors (Lipinski definition) is 3. The number of phenolic OH excluding ortho intramolecular Hbond substituents is 1. The van der Waals surface area contributed by atoms with E-state index in [4.69, 9.17) is 5.73 Å². The van der Waals surface area contributed by atoms with Gasteiger partial charge >= 0.3 is 0 Å². The summed E-state index contributed by atoms with van der Waals surface area (Å²) in [6.45, 7) is 2.94. The molecule has 1 amide bonds. The highest BCUT2D eigenvalue weighted by atomic mass is 16.3. The fourth-order valence-corrected chi connectivity index (χ4v) is 2.81. The highest BCUT2D eigenvalue weighted by Crippen LogP contribution is 2.28. The van der Waals surface area contributed by atoms with Crippen molar-refractivity contribution >= 4 is 11.6 Å². The first-order chi connectivity index (χ1) is 10.1. The van der Waals surface area contributed by atoms with Crippen LogP contribution in [0.1, 0.15) is 27.0 Å². The van der Waals surface area contributed by atoms with Crippen LogP contribution in [0.2, 0.25) is 0 Å². The Hall–Kier alpha value is -2.49. The first-order valence-electron chi connectivity index (χ1n) is 7.02. The summed E-state index contributed by atoms with van der Waals surface area (Å²) in [7, 11) is 0. The van der Waals surface area contributed by atoms with E-state index in [-0.39, 0.29) is 11.7 Å². The molecular formula is C17H18N2O2. The Labute approximate surface area is 123 Å². The molecular weight excluding hydrogens is 264 g/mol. The van der Waals surface area contributed by atoms with E-state index >= 15 is 0 Å². The Morgan fingerprint density at radius 1 is 1.24 bits per heavy atom. The number of nitrogen functional groups attached to an aromatic ring is 1. The standard InChI is InChI=1S/C17H18N2O2/c1-11-4-2-6-14(16(11)20)17(21)19-9-8-13-12(10-19)5-3-7-15(13)18/h2-7,20H,8-10,18H2,1H3. The molecule has 0 saturated carbocycles. The van der Waals surface area contributed by atoms with Crippen molar-refractivity contribution < 1.29 is 9.90 Å². The number of aryl methyl sites for hydroxylation is 1. The molecule has 2 aromatic carbocycles. The average molecular weight is 282 g/mol. The maximum absolute atomic E-state index is 12.6. The number of carbonyl (C=O) groups is 1. The van der Waals surface area contributed by atoms with Crippen molar-refractivity contribution in [3.8, 4) is 5.75 Å². The van der Waals surface area contributed by atoms with Gasteiger partial charge in [0.25, 0.3) is 5.91 Å². The second-order valence-corrected chi connectivity index (χ2v) is 5.43. The number of anilines is 1. The number of amides is 1. The summed E-state index contributed by atoms with van der Waals surface area (Å²) in [6, 6.07) is 11.0. The quantitative estimate of drug-likeness (QED) is 0.790. The van der Waals surface area contributed by atoms with Gasteiger partial charge in [0.15, 0.2) is 0 Å². The summed E-state index contributed by atoms with van der Waals surface area (Å²) in [5.74, 6) is -0.0647. The molecule has 1 aliphatic rings. The number of phenols is 1. The summed E-state index contributed by atoms with van der Waals surface area (Å²) in [6.07, 6.45) is 0.750. The Kier molecular flexibility index (Phi) is 3.29. The lowest BCUT2D eigenvalue weighted by Gasteiger charge is -2.30. The molecule has 0 radical (unpaired) electrons. The first-order valence-corrected chi connectivity index (χ1v) is 7.02. The van der Waals surface area contributed by atoms with Crippen molar-refractivity contribution in [3.05, 3.63) is 58.7 Å². The van der Waals surface area contributed by atoms with E-state index in [1.807, 2.05) is 18.2 Å². The van der Waals surface area contributed by atoms with Crippen LogP contribution in [0.5, 0.6) is 5.75 Å². The molecule has 0 saturated heterocycles. The van der Waals surface area contributed by atoms with Gasteiger partial charge in [0, 0.05) is 18.8 Å². The largest absolute Gasteiger partial charge is 0.507 e. The molecule has 1 heterocycles. The topological polar surface area (TPSA) is 66.6 Å². The summed E-state index contributed by atoms with van der Waals surface area (Å²) < 4.78 is 0. The lowest BCUT2D eigenvalue weighted by molar-refractivity contribution is 0.0731. The zero-order valence-electron chi connectivity index (χ0n) is 12.0. The highest BCUT2D eigenvalue weighted by Gasteiger charge is 2.24. The Morgan fingerprint density at radius 2 is 2.00 bits per heavy atom. The Morgan fingerprint density at radius 3 is 2.81 bits per heavy atom. The Balaban J connectivity index is 1.89. The van der Waals surface area contributed by atoms with E-state index in [1.165, 1.54) is 0 Å².